The fraction of sp³-hybridized carbons (Fsp3) is 0.0714. The Labute approximate surface area is 125 Å². The second kappa shape index (κ2) is 5.80. The largest absolute Gasteiger partial charge is 0.506 e. The number of phenols is 1. The molecule has 0 saturated heterocycles. The molecule has 0 atom stereocenters. The first-order chi connectivity index (χ1) is 9.88. The van der Waals surface area contributed by atoms with Crippen LogP contribution in [0.4, 0.5) is 11.4 Å². The van der Waals surface area contributed by atoms with Gasteiger partial charge < -0.3 is 10.4 Å². The zero-order chi connectivity index (χ0) is 15.6. The highest BCUT2D eigenvalue weighted by atomic mass is 35.5. The van der Waals surface area contributed by atoms with Gasteiger partial charge in [-0.1, -0.05) is 17.7 Å². The van der Waals surface area contributed by atoms with Crippen LogP contribution in [-0.4, -0.2) is 15.9 Å². The predicted molar refractivity (Wildman–Crippen MR) is 78.9 cm³/mol. The lowest BCUT2D eigenvalue weighted by atomic mass is 10.1. The Kier molecular flexibility index (Phi) is 4.09. The quantitative estimate of drug-likeness (QED) is 0.515. The molecule has 0 saturated carbocycles. The van der Waals surface area contributed by atoms with Gasteiger partial charge in [0.1, 0.15) is 5.75 Å². The Hall–Kier alpha value is -2.60. The molecule has 0 aliphatic heterocycles. The lowest BCUT2D eigenvalue weighted by Gasteiger charge is -2.09. The molecule has 0 aliphatic rings. The molecule has 2 N–H and O–H groups in total. The highest BCUT2D eigenvalue weighted by Gasteiger charge is 2.14. The van der Waals surface area contributed by atoms with Crippen molar-refractivity contribution in [3.63, 3.8) is 0 Å². The number of non-ortho nitro benzene ring substituents is 1. The Balaban J connectivity index is 2.28. The van der Waals surface area contributed by atoms with Crippen LogP contribution in [0.2, 0.25) is 5.02 Å². The van der Waals surface area contributed by atoms with Crippen LogP contribution in [0.5, 0.6) is 5.75 Å². The number of carbonyl (C=O) groups is 1. The third kappa shape index (κ3) is 3.29. The highest BCUT2D eigenvalue weighted by Crippen LogP contribution is 2.30. The maximum absolute atomic E-state index is 12.0. The van der Waals surface area contributed by atoms with Crippen molar-refractivity contribution in [3.8, 4) is 5.75 Å². The van der Waals surface area contributed by atoms with Crippen molar-refractivity contribution >= 4 is 28.9 Å². The van der Waals surface area contributed by atoms with Crippen LogP contribution in [0.25, 0.3) is 0 Å². The van der Waals surface area contributed by atoms with Crippen molar-refractivity contribution in [1.82, 2.24) is 0 Å². The number of amides is 1. The topological polar surface area (TPSA) is 92.5 Å². The van der Waals surface area contributed by atoms with Gasteiger partial charge in [-0.15, -0.1) is 0 Å². The minimum atomic E-state index is -0.586. The Bertz CT molecular complexity index is 731. The molecule has 0 radical (unpaired) electrons. The number of aromatic hydroxyl groups is 1. The summed E-state index contributed by atoms with van der Waals surface area (Å²) < 4.78 is 0. The summed E-state index contributed by atoms with van der Waals surface area (Å²) in [5.41, 5.74) is 0.735. The van der Waals surface area contributed by atoms with Crippen molar-refractivity contribution < 1.29 is 14.8 Å². The summed E-state index contributed by atoms with van der Waals surface area (Å²) in [6.07, 6.45) is 0. The number of benzene rings is 2. The van der Waals surface area contributed by atoms with Gasteiger partial charge in [-0.3, -0.25) is 14.9 Å². The minimum Gasteiger partial charge on any atom is -0.506 e. The Morgan fingerprint density at radius 3 is 2.71 bits per heavy atom. The van der Waals surface area contributed by atoms with Crippen LogP contribution in [0.1, 0.15) is 15.9 Å². The van der Waals surface area contributed by atoms with Gasteiger partial charge in [0.25, 0.3) is 11.6 Å². The van der Waals surface area contributed by atoms with E-state index in [1.807, 2.05) is 0 Å². The van der Waals surface area contributed by atoms with Gasteiger partial charge >= 0.3 is 0 Å². The number of anilines is 1. The van der Waals surface area contributed by atoms with Crippen LogP contribution in [0.15, 0.2) is 36.4 Å². The van der Waals surface area contributed by atoms with E-state index in [0.29, 0.717) is 10.6 Å². The first-order valence-electron chi connectivity index (χ1n) is 5.93. The molecule has 21 heavy (non-hydrogen) atoms. The fourth-order valence-electron chi connectivity index (χ4n) is 1.72. The molecule has 2 aromatic carbocycles. The van der Waals surface area contributed by atoms with Crippen LogP contribution in [-0.2, 0) is 0 Å². The van der Waals surface area contributed by atoms with Gasteiger partial charge in [0.2, 0.25) is 0 Å². The molecule has 7 heteroatoms. The molecular weight excluding hydrogens is 296 g/mol. The van der Waals surface area contributed by atoms with E-state index in [4.69, 9.17) is 11.6 Å². The van der Waals surface area contributed by atoms with Gasteiger partial charge in [-0.05, 0) is 30.7 Å². The number of hydrogen-bond donors (Lipinski definition) is 2. The molecule has 0 unspecified atom stereocenters. The molecule has 0 bridgehead atoms. The number of hydrogen-bond acceptors (Lipinski definition) is 4. The monoisotopic (exact) mass is 306 g/mol. The minimum absolute atomic E-state index is 0.111. The number of phenolic OH excluding ortho intramolecular Hbond substituents is 1. The zero-order valence-electron chi connectivity index (χ0n) is 11.0. The number of nitro groups is 1. The van der Waals surface area contributed by atoms with Gasteiger partial charge in [0.15, 0.2) is 0 Å². The van der Waals surface area contributed by atoms with E-state index < -0.39 is 10.8 Å². The zero-order valence-corrected chi connectivity index (χ0v) is 11.7. The number of carbonyl (C=O) groups excluding carboxylic acids is 1. The SMILES string of the molecule is Cc1cc(O)c(NC(=O)c2cccc([N+](=O)[O-])c2)cc1Cl. The lowest BCUT2D eigenvalue weighted by Crippen LogP contribution is -2.12. The van der Waals surface area contributed by atoms with Gasteiger partial charge in [0.05, 0.1) is 10.6 Å². The van der Waals surface area contributed by atoms with Crippen molar-refractivity contribution in [2.24, 2.45) is 0 Å². The molecule has 0 aliphatic carbocycles. The molecule has 0 aromatic heterocycles. The Morgan fingerprint density at radius 2 is 2.05 bits per heavy atom. The molecule has 0 heterocycles. The van der Waals surface area contributed by atoms with Crippen molar-refractivity contribution in [2.45, 2.75) is 6.92 Å². The molecule has 2 aromatic rings. The summed E-state index contributed by atoms with van der Waals surface area (Å²) in [6, 6.07) is 8.14. The van der Waals surface area contributed by atoms with Crippen LogP contribution in [0, 0.1) is 17.0 Å². The summed E-state index contributed by atoms with van der Waals surface area (Å²) in [5, 5.41) is 23.3. The molecule has 1 amide bonds. The maximum atomic E-state index is 12.0. The van der Waals surface area contributed by atoms with E-state index in [0.717, 1.165) is 6.07 Å². The number of nitro benzene ring substituents is 1. The Morgan fingerprint density at radius 1 is 1.33 bits per heavy atom. The molecule has 0 fully saturated rings. The van der Waals surface area contributed by atoms with Crippen LogP contribution < -0.4 is 5.32 Å². The van der Waals surface area contributed by atoms with E-state index in [2.05, 4.69) is 5.32 Å². The fourth-order valence-corrected chi connectivity index (χ4v) is 1.89. The van der Waals surface area contributed by atoms with E-state index in [1.54, 1.807) is 6.92 Å². The summed E-state index contributed by atoms with van der Waals surface area (Å²) in [7, 11) is 0. The van der Waals surface area contributed by atoms with Gasteiger partial charge in [-0.25, -0.2) is 0 Å². The summed E-state index contributed by atoms with van der Waals surface area (Å²) in [4.78, 5) is 22.1. The maximum Gasteiger partial charge on any atom is 0.270 e. The molecule has 6 nitrogen and oxygen atoms in total. The lowest BCUT2D eigenvalue weighted by molar-refractivity contribution is -0.384. The van der Waals surface area contributed by atoms with Crippen molar-refractivity contribution in [1.29, 1.82) is 0 Å². The summed E-state index contributed by atoms with van der Waals surface area (Å²) in [5.74, 6) is -0.704. The van der Waals surface area contributed by atoms with E-state index in [9.17, 15) is 20.0 Å². The molecule has 0 spiro atoms. The number of aryl methyl sites for hydroxylation is 1. The van der Waals surface area contributed by atoms with Crippen LogP contribution in [0.3, 0.4) is 0 Å². The smallest absolute Gasteiger partial charge is 0.270 e. The number of nitrogens with one attached hydrogen (secondary N) is 1. The number of halogens is 1. The standard InChI is InChI=1S/C14H11ClN2O4/c1-8-5-13(18)12(7-11(8)15)16-14(19)9-3-2-4-10(6-9)17(20)21/h2-7,18H,1H3,(H,16,19). The van der Waals surface area contributed by atoms with Gasteiger partial charge in [-0.2, -0.15) is 0 Å². The normalized spacial score (nSPS) is 10.2. The first-order valence-corrected chi connectivity index (χ1v) is 6.31. The van der Waals surface area contributed by atoms with Crippen LogP contribution >= 0.6 is 11.6 Å². The predicted octanol–water partition coefficient (Wildman–Crippen LogP) is 3.51. The van der Waals surface area contributed by atoms with Crippen molar-refractivity contribution in [2.75, 3.05) is 5.32 Å². The first kappa shape index (κ1) is 14.8. The third-order valence-electron chi connectivity index (χ3n) is 2.84. The molecular formula is C14H11ClN2O4. The molecule has 108 valence electrons. The second-order valence-electron chi connectivity index (χ2n) is 4.38. The van der Waals surface area contributed by atoms with E-state index in [-0.39, 0.29) is 22.7 Å². The number of nitrogens with zero attached hydrogens (tertiary/aromatic N) is 1. The average Bonchev–Trinajstić information content (AvgIpc) is 2.44. The van der Waals surface area contributed by atoms with Crippen molar-refractivity contribution in [3.05, 3.63) is 62.7 Å². The van der Waals surface area contributed by atoms with E-state index in [1.165, 1.54) is 30.3 Å². The third-order valence-corrected chi connectivity index (χ3v) is 3.25. The van der Waals surface area contributed by atoms with Gasteiger partial charge in [0, 0.05) is 22.7 Å². The highest BCUT2D eigenvalue weighted by molar-refractivity contribution is 6.31. The summed E-state index contributed by atoms with van der Waals surface area (Å²) >= 11 is 5.93. The molecule has 2 rings (SSSR count). The summed E-state index contributed by atoms with van der Waals surface area (Å²) in [6.45, 7) is 1.72. The second-order valence-corrected chi connectivity index (χ2v) is 4.79. The number of rotatable bonds is 3. The average molecular weight is 307 g/mol. The van der Waals surface area contributed by atoms with E-state index >= 15 is 0 Å².